The second-order valence-electron chi connectivity index (χ2n) is 11.4. The molecule has 2 amide bonds. The predicted molar refractivity (Wildman–Crippen MR) is 173 cm³/mol. The molecule has 10 nitrogen and oxygen atoms in total. The van der Waals surface area contributed by atoms with E-state index in [-0.39, 0.29) is 41.8 Å². The first kappa shape index (κ1) is 31.8. The fraction of sp³-hybridized carbons (Fsp3) is 0.294. The minimum Gasteiger partial charge on any atom is -0.486 e. The molecule has 5 rings (SSSR count). The van der Waals surface area contributed by atoms with Crippen molar-refractivity contribution in [2.45, 2.75) is 32.5 Å². The molecule has 0 aliphatic carbocycles. The number of likely N-dealkylation sites (N-methyl/N-ethyl adjacent to an activating group) is 1. The molecule has 0 unspecified atom stereocenters. The van der Waals surface area contributed by atoms with Gasteiger partial charge in [0, 0.05) is 48.3 Å². The number of hydrogen-bond donors (Lipinski definition) is 3. The molecule has 0 bridgehead atoms. The van der Waals surface area contributed by atoms with E-state index in [0.717, 1.165) is 16.1 Å². The first-order valence-corrected chi connectivity index (χ1v) is 15.6. The van der Waals surface area contributed by atoms with E-state index in [0.29, 0.717) is 36.4 Å². The average molecular weight is 629 g/mol. The number of carboxylic acids is 1. The SMILES string of the molecule is C[C@@H]1CN([C@H](C)CO)C(=O)c2cccc(NC(=O)c3ccc(-c4nccs4)cc3)c2O[C@@H]1CN(C)Cc1ccc(C(=O)O)cc1. The number of aromatic nitrogens is 1. The van der Waals surface area contributed by atoms with Crippen molar-refractivity contribution in [3.05, 3.63) is 101 Å². The number of benzene rings is 3. The number of carbonyl (C=O) groups is 3. The molecule has 11 heteroatoms. The number of thiazole rings is 1. The number of para-hydroxylation sites is 1. The summed E-state index contributed by atoms with van der Waals surface area (Å²) in [7, 11) is 1.95. The maximum absolute atomic E-state index is 13.8. The summed E-state index contributed by atoms with van der Waals surface area (Å²) in [5, 5.41) is 24.9. The van der Waals surface area contributed by atoms with Gasteiger partial charge in [0.1, 0.15) is 11.1 Å². The number of carboxylic acid groups (broad SMARTS) is 1. The van der Waals surface area contributed by atoms with E-state index in [1.807, 2.05) is 31.5 Å². The van der Waals surface area contributed by atoms with Gasteiger partial charge in [-0.3, -0.25) is 14.5 Å². The Morgan fingerprint density at radius 1 is 1.11 bits per heavy atom. The van der Waals surface area contributed by atoms with Crippen molar-refractivity contribution in [1.82, 2.24) is 14.8 Å². The van der Waals surface area contributed by atoms with Gasteiger partial charge in [0.05, 0.1) is 29.5 Å². The number of fused-ring (bicyclic) bond motifs is 1. The second kappa shape index (κ2) is 14.0. The normalized spacial score (nSPS) is 17.2. The third kappa shape index (κ3) is 7.39. The summed E-state index contributed by atoms with van der Waals surface area (Å²) < 4.78 is 6.63. The van der Waals surface area contributed by atoms with Gasteiger partial charge in [0.15, 0.2) is 5.75 Å². The minimum atomic E-state index is -0.975. The first-order chi connectivity index (χ1) is 21.6. The molecule has 234 valence electrons. The zero-order valence-electron chi connectivity index (χ0n) is 25.3. The van der Waals surface area contributed by atoms with Gasteiger partial charge >= 0.3 is 5.97 Å². The fourth-order valence-electron chi connectivity index (χ4n) is 5.32. The lowest BCUT2D eigenvalue weighted by atomic mass is 9.98. The van der Waals surface area contributed by atoms with Gasteiger partial charge in [-0.05, 0) is 55.9 Å². The van der Waals surface area contributed by atoms with E-state index < -0.39 is 12.0 Å². The van der Waals surface area contributed by atoms with E-state index >= 15 is 0 Å². The molecule has 0 fully saturated rings. The fourth-order valence-corrected chi connectivity index (χ4v) is 5.97. The monoisotopic (exact) mass is 628 g/mol. The summed E-state index contributed by atoms with van der Waals surface area (Å²) in [4.78, 5) is 46.5. The Morgan fingerprint density at radius 3 is 2.47 bits per heavy atom. The Balaban J connectivity index is 1.41. The number of nitrogens with zero attached hydrogens (tertiary/aromatic N) is 3. The number of hydrogen-bond acceptors (Lipinski definition) is 8. The Kier molecular flexibility index (Phi) is 9.92. The molecule has 3 N–H and O–H groups in total. The first-order valence-electron chi connectivity index (χ1n) is 14.7. The molecule has 4 aromatic rings. The summed E-state index contributed by atoms with van der Waals surface area (Å²) in [5.41, 5.74) is 3.20. The van der Waals surface area contributed by atoms with Crippen LogP contribution in [0.3, 0.4) is 0 Å². The van der Waals surface area contributed by atoms with Crippen LogP contribution in [-0.2, 0) is 6.54 Å². The molecular formula is C34H36N4O6S. The van der Waals surface area contributed by atoms with Gasteiger partial charge in [0.2, 0.25) is 0 Å². The van der Waals surface area contributed by atoms with Crippen molar-refractivity contribution in [2.24, 2.45) is 5.92 Å². The smallest absolute Gasteiger partial charge is 0.335 e. The molecule has 1 aliphatic rings. The molecule has 1 aliphatic heterocycles. The zero-order chi connectivity index (χ0) is 32.1. The van der Waals surface area contributed by atoms with Crippen molar-refractivity contribution < 1.29 is 29.3 Å². The molecule has 1 aromatic heterocycles. The number of rotatable bonds is 10. The molecule has 3 aromatic carbocycles. The molecule has 0 spiro atoms. The van der Waals surface area contributed by atoms with Crippen LogP contribution >= 0.6 is 11.3 Å². The van der Waals surface area contributed by atoms with Crippen LogP contribution in [-0.4, -0.2) is 81.7 Å². The van der Waals surface area contributed by atoms with Crippen LogP contribution in [0.1, 0.15) is 50.5 Å². The van der Waals surface area contributed by atoms with E-state index in [4.69, 9.17) is 4.74 Å². The highest BCUT2D eigenvalue weighted by atomic mass is 32.1. The number of ether oxygens (including phenoxy) is 1. The van der Waals surface area contributed by atoms with Crippen LogP contribution in [0.2, 0.25) is 0 Å². The van der Waals surface area contributed by atoms with Crippen molar-refractivity contribution in [2.75, 3.05) is 32.1 Å². The van der Waals surface area contributed by atoms with Gasteiger partial charge in [-0.1, -0.05) is 37.3 Å². The standard InChI is InChI=1S/C34H36N4O6S/c1-21-17-38(22(2)20-39)33(41)27-5-4-6-28(36-31(40)24-11-13-25(14-12-24)32-35-15-16-45-32)30(27)44-29(21)19-37(3)18-23-7-9-26(10-8-23)34(42)43/h4-16,21-22,29,39H,17-20H2,1-3H3,(H,36,40)(H,42,43)/t21-,22-,29-/m1/s1. The summed E-state index contributed by atoms with van der Waals surface area (Å²) in [6.45, 7) is 5.00. The predicted octanol–water partition coefficient (Wildman–Crippen LogP) is 5.11. The minimum absolute atomic E-state index is 0.130. The molecule has 0 saturated heterocycles. The van der Waals surface area contributed by atoms with E-state index in [1.54, 1.807) is 72.6 Å². The highest BCUT2D eigenvalue weighted by Crippen LogP contribution is 2.35. The van der Waals surface area contributed by atoms with Gasteiger partial charge in [0.25, 0.3) is 11.8 Å². The van der Waals surface area contributed by atoms with Crippen molar-refractivity contribution in [3.8, 4) is 16.3 Å². The molecule has 0 saturated carbocycles. The Morgan fingerprint density at radius 2 is 1.82 bits per heavy atom. The maximum Gasteiger partial charge on any atom is 0.335 e. The average Bonchev–Trinajstić information content (AvgIpc) is 3.58. The summed E-state index contributed by atoms with van der Waals surface area (Å²) in [6.07, 6.45) is 1.35. The molecule has 0 radical (unpaired) electrons. The molecule has 3 atom stereocenters. The van der Waals surface area contributed by atoms with Crippen LogP contribution in [0.25, 0.3) is 10.6 Å². The van der Waals surface area contributed by atoms with Gasteiger partial charge in [-0.25, -0.2) is 9.78 Å². The molecule has 45 heavy (non-hydrogen) atoms. The van der Waals surface area contributed by atoms with Gasteiger partial charge in [-0.2, -0.15) is 0 Å². The molecular weight excluding hydrogens is 592 g/mol. The second-order valence-corrected chi connectivity index (χ2v) is 12.3. The van der Waals surface area contributed by atoms with E-state index in [9.17, 15) is 24.6 Å². The van der Waals surface area contributed by atoms with Crippen LogP contribution in [0.5, 0.6) is 5.75 Å². The van der Waals surface area contributed by atoms with Crippen LogP contribution in [0.15, 0.2) is 78.3 Å². The number of carbonyl (C=O) groups excluding carboxylic acids is 2. The number of nitrogens with one attached hydrogen (secondary N) is 1. The number of aromatic carboxylic acids is 1. The van der Waals surface area contributed by atoms with Gasteiger partial charge in [-0.15, -0.1) is 11.3 Å². The van der Waals surface area contributed by atoms with Crippen LogP contribution in [0, 0.1) is 5.92 Å². The Hall–Kier alpha value is -4.58. The number of aliphatic hydroxyl groups is 1. The third-order valence-electron chi connectivity index (χ3n) is 7.91. The summed E-state index contributed by atoms with van der Waals surface area (Å²) >= 11 is 1.52. The van der Waals surface area contributed by atoms with E-state index in [2.05, 4.69) is 15.2 Å². The Labute approximate surface area is 265 Å². The molecule has 2 heterocycles. The maximum atomic E-state index is 13.8. The van der Waals surface area contributed by atoms with Crippen molar-refractivity contribution in [3.63, 3.8) is 0 Å². The number of amides is 2. The Bertz CT molecular complexity index is 1640. The van der Waals surface area contributed by atoms with Crippen molar-refractivity contribution >= 4 is 34.8 Å². The highest BCUT2D eigenvalue weighted by Gasteiger charge is 2.34. The van der Waals surface area contributed by atoms with Gasteiger partial charge < -0.3 is 25.2 Å². The van der Waals surface area contributed by atoms with Crippen LogP contribution < -0.4 is 10.1 Å². The zero-order valence-corrected chi connectivity index (χ0v) is 26.2. The highest BCUT2D eigenvalue weighted by molar-refractivity contribution is 7.13. The number of aliphatic hydroxyl groups excluding tert-OH is 1. The lowest BCUT2D eigenvalue weighted by Gasteiger charge is -2.38. The summed E-state index contributed by atoms with van der Waals surface area (Å²) in [5.74, 6) is -1.46. The lowest BCUT2D eigenvalue weighted by molar-refractivity contribution is 0.0343. The van der Waals surface area contributed by atoms with E-state index in [1.165, 1.54) is 11.3 Å². The van der Waals surface area contributed by atoms with Crippen LogP contribution in [0.4, 0.5) is 5.69 Å². The van der Waals surface area contributed by atoms with Crippen molar-refractivity contribution in [1.29, 1.82) is 0 Å². The third-order valence-corrected chi connectivity index (χ3v) is 8.73. The lowest BCUT2D eigenvalue weighted by Crippen LogP contribution is -2.49. The number of anilines is 1. The summed E-state index contributed by atoms with van der Waals surface area (Å²) in [6, 6.07) is 18.6. The largest absolute Gasteiger partial charge is 0.486 e. The quantitative estimate of drug-likeness (QED) is 0.221. The topological polar surface area (TPSA) is 132 Å².